The highest BCUT2D eigenvalue weighted by atomic mass is 32.2. The molecule has 0 spiro atoms. The number of anilines is 1. The zero-order valence-corrected chi connectivity index (χ0v) is 16.0. The Balaban J connectivity index is 2.24. The smallest absolute Gasteiger partial charge is 0.255 e. The molecule has 28 heavy (non-hydrogen) atoms. The van der Waals surface area contributed by atoms with Gasteiger partial charge in [0.15, 0.2) is 0 Å². The molecule has 8 nitrogen and oxygen atoms in total. The molecular formula is C18H20FN3O5S. The first-order valence-electron chi connectivity index (χ1n) is 8.17. The van der Waals surface area contributed by atoms with Crippen molar-refractivity contribution in [3.8, 4) is 5.88 Å². The summed E-state index contributed by atoms with van der Waals surface area (Å²) in [7, 11) is -2.61. The maximum Gasteiger partial charge on any atom is 0.255 e. The Hall–Kier alpha value is -2.82. The van der Waals surface area contributed by atoms with E-state index in [-0.39, 0.29) is 30.3 Å². The Bertz CT molecular complexity index is 950. The molecule has 1 aromatic heterocycles. The van der Waals surface area contributed by atoms with Crippen LogP contribution in [0.5, 0.6) is 5.88 Å². The molecule has 0 bridgehead atoms. The third-order valence-electron chi connectivity index (χ3n) is 3.45. The summed E-state index contributed by atoms with van der Waals surface area (Å²) in [4.78, 5) is 15.9. The van der Waals surface area contributed by atoms with Gasteiger partial charge in [-0.05, 0) is 30.3 Å². The van der Waals surface area contributed by atoms with E-state index in [1.54, 1.807) is 12.1 Å². The van der Waals surface area contributed by atoms with Crippen LogP contribution in [0, 0.1) is 5.82 Å². The summed E-state index contributed by atoms with van der Waals surface area (Å²) in [6, 6.07) is 6.21. The highest BCUT2D eigenvalue weighted by molar-refractivity contribution is 7.89. The number of hydrogen-bond acceptors (Lipinski definition) is 6. The fourth-order valence-electron chi connectivity index (χ4n) is 2.11. The normalized spacial score (nSPS) is 11.1. The van der Waals surface area contributed by atoms with Gasteiger partial charge in [-0.1, -0.05) is 6.08 Å². The van der Waals surface area contributed by atoms with Crippen molar-refractivity contribution in [3.05, 3.63) is 60.6 Å². The number of nitrogens with zero attached hydrogens (tertiary/aromatic N) is 1. The molecule has 1 heterocycles. The number of hydrogen-bond donors (Lipinski definition) is 2. The molecule has 2 N–H and O–H groups in total. The highest BCUT2D eigenvalue weighted by Crippen LogP contribution is 2.22. The van der Waals surface area contributed by atoms with Crippen LogP contribution in [0.2, 0.25) is 0 Å². The summed E-state index contributed by atoms with van der Waals surface area (Å²) in [5.41, 5.74) is 0.231. The quantitative estimate of drug-likeness (QED) is 0.459. The van der Waals surface area contributed by atoms with Crippen LogP contribution in [0.3, 0.4) is 0 Å². The highest BCUT2D eigenvalue weighted by Gasteiger charge is 2.21. The monoisotopic (exact) mass is 409 g/mol. The summed E-state index contributed by atoms with van der Waals surface area (Å²) in [5.74, 6) is -1.45. The minimum absolute atomic E-state index is 0.0490. The predicted molar refractivity (Wildman–Crippen MR) is 101 cm³/mol. The van der Waals surface area contributed by atoms with Crippen molar-refractivity contribution in [2.75, 3.05) is 32.2 Å². The molecule has 0 atom stereocenters. The zero-order valence-electron chi connectivity index (χ0n) is 15.1. The second kappa shape index (κ2) is 9.93. The summed E-state index contributed by atoms with van der Waals surface area (Å²) >= 11 is 0. The van der Waals surface area contributed by atoms with Crippen LogP contribution < -0.4 is 14.8 Å². The summed E-state index contributed by atoms with van der Waals surface area (Å²) in [6.45, 7) is 3.88. The molecule has 1 amide bonds. The number of pyridine rings is 1. The van der Waals surface area contributed by atoms with Crippen LogP contribution in [-0.2, 0) is 14.8 Å². The van der Waals surface area contributed by atoms with E-state index in [9.17, 15) is 17.6 Å². The Morgan fingerprint density at radius 1 is 1.32 bits per heavy atom. The number of carbonyl (C=O) groups is 1. The van der Waals surface area contributed by atoms with Crippen molar-refractivity contribution in [2.24, 2.45) is 0 Å². The first kappa shape index (κ1) is 21.5. The lowest BCUT2D eigenvalue weighted by molar-refractivity contribution is 0.102. The van der Waals surface area contributed by atoms with Crippen LogP contribution >= 0.6 is 0 Å². The lowest BCUT2D eigenvalue weighted by Gasteiger charge is -2.12. The fourth-order valence-corrected chi connectivity index (χ4v) is 3.21. The van der Waals surface area contributed by atoms with E-state index in [1.807, 2.05) is 0 Å². The number of halogens is 1. The minimum atomic E-state index is -4.13. The van der Waals surface area contributed by atoms with Crippen molar-refractivity contribution < 1.29 is 27.1 Å². The first-order valence-corrected chi connectivity index (χ1v) is 9.65. The Morgan fingerprint density at radius 2 is 2.11 bits per heavy atom. The second-order valence-corrected chi connectivity index (χ2v) is 7.17. The van der Waals surface area contributed by atoms with Gasteiger partial charge in [0.05, 0.1) is 6.61 Å². The Kier molecular flexibility index (Phi) is 7.61. The number of sulfonamides is 1. The van der Waals surface area contributed by atoms with Gasteiger partial charge < -0.3 is 14.8 Å². The van der Waals surface area contributed by atoms with Gasteiger partial charge in [0.25, 0.3) is 5.91 Å². The molecule has 150 valence electrons. The molecule has 10 heteroatoms. The molecule has 0 saturated carbocycles. The molecule has 0 radical (unpaired) electrons. The van der Waals surface area contributed by atoms with Crippen molar-refractivity contribution >= 4 is 21.6 Å². The SMILES string of the molecule is C=CCNS(=O)(=O)c1cc(C(=O)Nc2cccnc2OCCOC)ccc1F. The van der Waals surface area contributed by atoms with Crippen LogP contribution in [0.4, 0.5) is 10.1 Å². The van der Waals surface area contributed by atoms with E-state index in [4.69, 9.17) is 9.47 Å². The van der Waals surface area contributed by atoms with Gasteiger partial charge in [-0.15, -0.1) is 6.58 Å². The van der Waals surface area contributed by atoms with Crippen LogP contribution in [0.1, 0.15) is 10.4 Å². The van der Waals surface area contributed by atoms with E-state index >= 15 is 0 Å². The molecule has 0 unspecified atom stereocenters. The predicted octanol–water partition coefficient (Wildman–Crippen LogP) is 1.96. The fraction of sp³-hybridized carbons (Fsp3) is 0.222. The summed E-state index contributed by atoms with van der Waals surface area (Å²) < 4.78 is 50.8. The summed E-state index contributed by atoms with van der Waals surface area (Å²) in [6.07, 6.45) is 2.81. The van der Waals surface area contributed by atoms with E-state index in [1.165, 1.54) is 25.4 Å². The molecule has 0 aliphatic carbocycles. The van der Waals surface area contributed by atoms with E-state index in [0.717, 1.165) is 12.1 Å². The largest absolute Gasteiger partial charge is 0.474 e. The average molecular weight is 409 g/mol. The molecule has 0 fully saturated rings. The number of aromatic nitrogens is 1. The number of benzene rings is 1. The van der Waals surface area contributed by atoms with Gasteiger partial charge in [0.2, 0.25) is 15.9 Å². The molecule has 2 aromatic rings. The maximum atomic E-state index is 14.0. The number of carbonyl (C=O) groups excluding carboxylic acids is 1. The lowest BCUT2D eigenvalue weighted by Crippen LogP contribution is -2.25. The lowest BCUT2D eigenvalue weighted by atomic mass is 10.2. The van der Waals surface area contributed by atoms with Gasteiger partial charge in [0.1, 0.15) is 23.0 Å². The third kappa shape index (κ3) is 5.59. The second-order valence-electron chi connectivity index (χ2n) is 5.44. The van der Waals surface area contributed by atoms with Gasteiger partial charge in [0, 0.05) is 25.4 Å². The van der Waals surface area contributed by atoms with E-state index < -0.39 is 26.6 Å². The molecular weight excluding hydrogens is 389 g/mol. The molecule has 0 aliphatic heterocycles. The van der Waals surface area contributed by atoms with Crippen molar-refractivity contribution in [3.63, 3.8) is 0 Å². The topological polar surface area (TPSA) is 107 Å². The van der Waals surface area contributed by atoms with Crippen molar-refractivity contribution in [1.82, 2.24) is 9.71 Å². The van der Waals surface area contributed by atoms with Gasteiger partial charge in [-0.2, -0.15) is 0 Å². The first-order chi connectivity index (χ1) is 13.4. The Morgan fingerprint density at radius 3 is 2.82 bits per heavy atom. The molecule has 0 aliphatic rings. The maximum absolute atomic E-state index is 14.0. The number of methoxy groups -OCH3 is 1. The molecule has 1 aromatic carbocycles. The van der Waals surface area contributed by atoms with Crippen LogP contribution in [-0.4, -0.2) is 46.2 Å². The number of amides is 1. The zero-order chi connectivity index (χ0) is 20.6. The van der Waals surface area contributed by atoms with E-state index in [0.29, 0.717) is 6.61 Å². The van der Waals surface area contributed by atoms with Crippen LogP contribution in [0.25, 0.3) is 0 Å². The van der Waals surface area contributed by atoms with Gasteiger partial charge in [-0.3, -0.25) is 4.79 Å². The average Bonchev–Trinajstić information content (AvgIpc) is 2.68. The number of nitrogens with one attached hydrogen (secondary N) is 2. The van der Waals surface area contributed by atoms with Crippen molar-refractivity contribution in [1.29, 1.82) is 0 Å². The number of ether oxygens (including phenoxy) is 2. The third-order valence-corrected chi connectivity index (χ3v) is 4.88. The standard InChI is InChI=1S/C18H20FN3O5S/c1-3-8-21-28(24,25)16-12-13(6-7-14(16)19)17(23)22-15-5-4-9-20-18(15)27-11-10-26-2/h3-7,9,12,21H,1,8,10-11H2,2H3,(H,22,23). The van der Waals surface area contributed by atoms with Crippen molar-refractivity contribution in [2.45, 2.75) is 4.90 Å². The van der Waals surface area contributed by atoms with Crippen LogP contribution in [0.15, 0.2) is 54.1 Å². The Labute approximate surface area is 162 Å². The summed E-state index contributed by atoms with van der Waals surface area (Å²) in [5, 5.41) is 2.57. The van der Waals surface area contributed by atoms with E-state index in [2.05, 4.69) is 21.6 Å². The molecule has 2 rings (SSSR count). The molecule has 0 saturated heterocycles. The minimum Gasteiger partial charge on any atom is -0.474 e. The van der Waals surface area contributed by atoms with Gasteiger partial charge in [-0.25, -0.2) is 22.5 Å². The van der Waals surface area contributed by atoms with Gasteiger partial charge >= 0.3 is 0 Å². The number of rotatable bonds is 10.